The van der Waals surface area contributed by atoms with Crippen molar-refractivity contribution in [2.45, 2.75) is 51.4 Å². The highest BCUT2D eigenvalue weighted by molar-refractivity contribution is 5.87. The molecule has 4 rings (SSSR count). The quantitative estimate of drug-likeness (QED) is 0.599. The molecule has 0 spiro atoms. The number of fused-ring (bicyclic) bond motifs is 5. The molecule has 0 aromatic heterocycles. The van der Waals surface area contributed by atoms with Gasteiger partial charge in [-0.25, -0.2) is 0 Å². The predicted octanol–water partition coefficient (Wildman–Crippen LogP) is 4.36. The SMILES string of the molecule is C[C@]12CC[C@@H]3c4ccc(/C=C/[N+](=O)[O-])cc4CC[C@H]3C1CCC2=O. The van der Waals surface area contributed by atoms with E-state index in [4.69, 9.17) is 0 Å². The van der Waals surface area contributed by atoms with Gasteiger partial charge in [0.1, 0.15) is 5.78 Å². The van der Waals surface area contributed by atoms with E-state index in [9.17, 15) is 14.9 Å². The Bertz CT molecular complexity index is 738. The monoisotopic (exact) mass is 325 g/mol. The lowest BCUT2D eigenvalue weighted by molar-refractivity contribution is -0.400. The summed E-state index contributed by atoms with van der Waals surface area (Å²) in [5.41, 5.74) is 3.59. The Morgan fingerprint density at radius 3 is 2.88 bits per heavy atom. The molecule has 4 atom stereocenters. The lowest BCUT2D eigenvalue weighted by atomic mass is 9.55. The van der Waals surface area contributed by atoms with Crippen LogP contribution in [-0.4, -0.2) is 10.7 Å². The summed E-state index contributed by atoms with van der Waals surface area (Å²) in [6.07, 6.45) is 8.69. The molecule has 3 aliphatic carbocycles. The van der Waals surface area contributed by atoms with Gasteiger partial charge in [0.25, 0.3) is 0 Å². The summed E-state index contributed by atoms with van der Waals surface area (Å²) in [6.45, 7) is 2.20. The van der Waals surface area contributed by atoms with Gasteiger partial charge < -0.3 is 0 Å². The van der Waals surface area contributed by atoms with Gasteiger partial charge in [-0.3, -0.25) is 14.9 Å². The van der Waals surface area contributed by atoms with Crippen LogP contribution in [-0.2, 0) is 11.2 Å². The maximum Gasteiger partial charge on any atom is 0.235 e. The molecule has 3 aliphatic rings. The first-order valence-corrected chi connectivity index (χ1v) is 8.97. The van der Waals surface area contributed by atoms with E-state index in [0.717, 1.165) is 50.3 Å². The molecular formula is C20H23NO3. The molecule has 0 radical (unpaired) electrons. The normalized spacial score (nSPS) is 34.7. The fraction of sp³-hybridized carbons (Fsp3) is 0.550. The number of nitrogens with zero attached hydrogens (tertiary/aromatic N) is 1. The number of benzene rings is 1. The average Bonchev–Trinajstić information content (AvgIpc) is 2.88. The van der Waals surface area contributed by atoms with Crippen LogP contribution >= 0.6 is 0 Å². The van der Waals surface area contributed by atoms with E-state index in [1.807, 2.05) is 6.07 Å². The first-order valence-electron chi connectivity index (χ1n) is 8.97. The van der Waals surface area contributed by atoms with Gasteiger partial charge in [-0.1, -0.05) is 25.1 Å². The number of Topliss-reactive ketones (excluding diaryl/α,β-unsaturated/α-hetero) is 1. The van der Waals surface area contributed by atoms with Crippen molar-refractivity contribution >= 4 is 11.9 Å². The molecule has 1 aromatic carbocycles. The molecule has 0 aliphatic heterocycles. The number of nitro groups is 1. The van der Waals surface area contributed by atoms with Gasteiger partial charge in [0.2, 0.25) is 6.20 Å². The van der Waals surface area contributed by atoms with Gasteiger partial charge in [-0.2, -0.15) is 0 Å². The Kier molecular flexibility index (Phi) is 3.59. The van der Waals surface area contributed by atoms with Gasteiger partial charge in [0.05, 0.1) is 4.92 Å². The van der Waals surface area contributed by atoms with E-state index >= 15 is 0 Å². The number of ketones is 1. The molecule has 0 N–H and O–H groups in total. The summed E-state index contributed by atoms with van der Waals surface area (Å²) in [4.78, 5) is 22.4. The topological polar surface area (TPSA) is 60.2 Å². The summed E-state index contributed by atoms with van der Waals surface area (Å²) in [7, 11) is 0. The minimum absolute atomic E-state index is 0.0763. The number of hydrogen-bond acceptors (Lipinski definition) is 3. The second-order valence-corrected chi connectivity index (χ2v) is 7.89. The van der Waals surface area contributed by atoms with Crippen molar-refractivity contribution in [1.29, 1.82) is 0 Å². The van der Waals surface area contributed by atoms with Crippen LogP contribution in [0.3, 0.4) is 0 Å². The lowest BCUT2D eigenvalue weighted by Crippen LogP contribution is -2.42. The van der Waals surface area contributed by atoms with Crippen LogP contribution in [0, 0.1) is 27.4 Å². The first kappa shape index (κ1) is 15.6. The summed E-state index contributed by atoms with van der Waals surface area (Å²) in [5.74, 6) is 2.22. The molecule has 2 saturated carbocycles. The number of carbonyl (C=O) groups excluding carboxylic acids is 1. The fourth-order valence-electron chi connectivity index (χ4n) is 5.62. The summed E-state index contributed by atoms with van der Waals surface area (Å²) in [6, 6.07) is 6.28. The molecule has 4 heteroatoms. The van der Waals surface area contributed by atoms with Crippen molar-refractivity contribution in [2.75, 3.05) is 0 Å². The minimum atomic E-state index is -0.422. The molecule has 1 unspecified atom stereocenters. The van der Waals surface area contributed by atoms with Gasteiger partial charge in [-0.05, 0) is 66.5 Å². The summed E-state index contributed by atoms with van der Waals surface area (Å²) >= 11 is 0. The Balaban J connectivity index is 1.63. The largest absolute Gasteiger partial charge is 0.299 e. The molecule has 126 valence electrons. The van der Waals surface area contributed by atoms with E-state index in [1.165, 1.54) is 11.1 Å². The zero-order valence-corrected chi connectivity index (χ0v) is 14.0. The molecule has 2 fully saturated rings. The highest BCUT2D eigenvalue weighted by Gasteiger charge is 2.54. The molecule has 0 amide bonds. The second kappa shape index (κ2) is 5.54. The van der Waals surface area contributed by atoms with Crippen LogP contribution in [0.1, 0.15) is 61.6 Å². The smallest absolute Gasteiger partial charge is 0.235 e. The van der Waals surface area contributed by atoms with E-state index in [1.54, 1.807) is 6.08 Å². The lowest BCUT2D eigenvalue weighted by Gasteiger charge is -2.48. The number of hydrogen-bond donors (Lipinski definition) is 0. The van der Waals surface area contributed by atoms with E-state index in [0.29, 0.717) is 23.5 Å². The maximum atomic E-state index is 12.4. The first-order chi connectivity index (χ1) is 11.5. The highest BCUT2D eigenvalue weighted by Crippen LogP contribution is 2.59. The van der Waals surface area contributed by atoms with Crippen LogP contribution in [0.2, 0.25) is 0 Å². The zero-order valence-electron chi connectivity index (χ0n) is 14.0. The van der Waals surface area contributed by atoms with Crippen LogP contribution < -0.4 is 0 Å². The Morgan fingerprint density at radius 2 is 2.08 bits per heavy atom. The molecule has 24 heavy (non-hydrogen) atoms. The van der Waals surface area contributed by atoms with Crippen LogP contribution in [0.15, 0.2) is 24.4 Å². The summed E-state index contributed by atoms with van der Waals surface area (Å²) in [5, 5.41) is 10.5. The van der Waals surface area contributed by atoms with Crippen LogP contribution in [0.4, 0.5) is 0 Å². The average molecular weight is 325 g/mol. The number of carbonyl (C=O) groups is 1. The Hall–Kier alpha value is -1.97. The maximum absolute atomic E-state index is 12.4. The Labute approximate surface area is 142 Å². The number of aryl methyl sites for hydroxylation is 1. The minimum Gasteiger partial charge on any atom is -0.299 e. The molecular weight excluding hydrogens is 302 g/mol. The molecule has 0 saturated heterocycles. The summed E-state index contributed by atoms with van der Waals surface area (Å²) < 4.78 is 0. The van der Waals surface area contributed by atoms with Crippen molar-refractivity contribution < 1.29 is 9.72 Å². The van der Waals surface area contributed by atoms with Gasteiger partial charge >= 0.3 is 0 Å². The molecule has 1 aromatic rings. The molecule has 0 bridgehead atoms. The predicted molar refractivity (Wildman–Crippen MR) is 92.1 cm³/mol. The van der Waals surface area contributed by atoms with E-state index in [-0.39, 0.29) is 5.41 Å². The Morgan fingerprint density at radius 1 is 1.25 bits per heavy atom. The second-order valence-electron chi connectivity index (χ2n) is 7.89. The van der Waals surface area contributed by atoms with E-state index < -0.39 is 4.92 Å². The van der Waals surface area contributed by atoms with Gasteiger partial charge in [0.15, 0.2) is 0 Å². The van der Waals surface area contributed by atoms with Crippen molar-refractivity contribution in [1.82, 2.24) is 0 Å². The van der Waals surface area contributed by atoms with Crippen molar-refractivity contribution in [3.05, 3.63) is 51.2 Å². The van der Waals surface area contributed by atoms with Crippen molar-refractivity contribution in [3.63, 3.8) is 0 Å². The molecule has 4 nitrogen and oxygen atoms in total. The third kappa shape index (κ3) is 2.31. The fourth-order valence-corrected chi connectivity index (χ4v) is 5.62. The van der Waals surface area contributed by atoms with Crippen molar-refractivity contribution in [3.8, 4) is 0 Å². The van der Waals surface area contributed by atoms with Crippen LogP contribution in [0.25, 0.3) is 6.08 Å². The number of rotatable bonds is 2. The standard InChI is InChI=1S/C20H23NO3/c1-20-10-8-16-15-4-2-13(9-11-21(23)24)12-14(15)3-5-17(16)18(20)6-7-19(20)22/h2,4,9,11-12,16-18H,3,5-8,10H2,1H3/b11-9+/t16-,17-,18?,20+/m1/s1. The zero-order chi connectivity index (χ0) is 16.9. The van der Waals surface area contributed by atoms with Crippen molar-refractivity contribution in [2.24, 2.45) is 17.3 Å². The molecule has 0 heterocycles. The van der Waals surface area contributed by atoms with E-state index in [2.05, 4.69) is 19.1 Å². The highest BCUT2D eigenvalue weighted by atomic mass is 16.6. The van der Waals surface area contributed by atoms with Crippen LogP contribution in [0.5, 0.6) is 0 Å². The van der Waals surface area contributed by atoms with Gasteiger partial charge in [-0.15, -0.1) is 0 Å². The third-order valence-electron chi connectivity index (χ3n) is 6.85. The van der Waals surface area contributed by atoms with Gasteiger partial charge in [0, 0.05) is 17.9 Å². The third-order valence-corrected chi connectivity index (χ3v) is 6.85.